The van der Waals surface area contributed by atoms with Crippen molar-refractivity contribution in [3.63, 3.8) is 0 Å². The van der Waals surface area contributed by atoms with Crippen molar-refractivity contribution in [3.05, 3.63) is 24.5 Å². The Labute approximate surface area is 217 Å². The Morgan fingerprint density at radius 1 is 1.00 bits per heavy atom. The second kappa shape index (κ2) is 11.2. The van der Waals surface area contributed by atoms with Gasteiger partial charge in [-0.1, -0.05) is 0 Å². The summed E-state index contributed by atoms with van der Waals surface area (Å²) in [5.41, 5.74) is 1.03. The molecule has 2 aliphatic rings. The van der Waals surface area contributed by atoms with Gasteiger partial charge in [-0.2, -0.15) is 15.1 Å². The quantitative estimate of drug-likeness (QED) is 0.443. The maximum Gasteiger partial charge on any atom is 0.317 e. The summed E-state index contributed by atoms with van der Waals surface area (Å²) in [6, 6.07) is 4.18. The van der Waals surface area contributed by atoms with Gasteiger partial charge < -0.3 is 30.1 Å². The third kappa shape index (κ3) is 5.68. The van der Waals surface area contributed by atoms with Crippen LogP contribution in [0.3, 0.4) is 0 Å². The van der Waals surface area contributed by atoms with Crippen LogP contribution in [0.5, 0.6) is 0 Å². The molecule has 0 radical (unpaired) electrons. The van der Waals surface area contributed by atoms with E-state index < -0.39 is 0 Å². The summed E-state index contributed by atoms with van der Waals surface area (Å²) in [4.78, 5) is 33.1. The second-order valence-corrected chi connectivity index (χ2v) is 9.74. The molecule has 5 rings (SSSR count). The molecule has 2 fully saturated rings. The van der Waals surface area contributed by atoms with E-state index in [1.54, 1.807) is 7.11 Å². The third-order valence-corrected chi connectivity index (χ3v) is 6.79. The van der Waals surface area contributed by atoms with E-state index in [0.29, 0.717) is 51.0 Å². The molecule has 0 bridgehead atoms. The zero-order valence-corrected chi connectivity index (χ0v) is 21.9. The van der Waals surface area contributed by atoms with Gasteiger partial charge in [-0.25, -0.2) is 9.78 Å². The average molecular weight is 509 g/mol. The monoisotopic (exact) mass is 508 g/mol. The molecule has 0 unspecified atom stereocenters. The van der Waals surface area contributed by atoms with Crippen molar-refractivity contribution in [2.45, 2.75) is 32.7 Å². The van der Waals surface area contributed by atoms with Crippen LogP contribution in [0.1, 0.15) is 32.7 Å². The van der Waals surface area contributed by atoms with Crippen molar-refractivity contribution in [1.82, 2.24) is 34.9 Å². The van der Waals surface area contributed by atoms with Crippen molar-refractivity contribution in [2.75, 3.05) is 74.6 Å². The summed E-state index contributed by atoms with van der Waals surface area (Å²) in [7, 11) is 1.63. The maximum atomic E-state index is 12.4. The van der Waals surface area contributed by atoms with Gasteiger partial charge in [0.15, 0.2) is 0 Å². The molecule has 0 spiro atoms. The van der Waals surface area contributed by atoms with Crippen LogP contribution in [-0.4, -0.2) is 95.2 Å². The van der Waals surface area contributed by atoms with Crippen molar-refractivity contribution in [3.8, 4) is 0 Å². The van der Waals surface area contributed by atoms with Crippen LogP contribution in [0.15, 0.2) is 24.5 Å². The fourth-order valence-corrected chi connectivity index (χ4v) is 4.77. The summed E-state index contributed by atoms with van der Waals surface area (Å²) in [5.74, 6) is 3.00. The number of piperazine rings is 1. The van der Waals surface area contributed by atoms with Crippen molar-refractivity contribution in [1.29, 1.82) is 0 Å². The van der Waals surface area contributed by atoms with Gasteiger partial charge >= 0.3 is 6.03 Å². The number of pyridine rings is 1. The molecular formula is C25H36N10O2. The van der Waals surface area contributed by atoms with Gasteiger partial charge in [0.25, 0.3) is 0 Å². The number of ether oxygens (including phenoxy) is 1. The van der Waals surface area contributed by atoms with Gasteiger partial charge in [-0.05, 0) is 26.7 Å². The summed E-state index contributed by atoms with van der Waals surface area (Å²) in [6.45, 7) is 9.80. The first kappa shape index (κ1) is 25.0. The van der Waals surface area contributed by atoms with E-state index in [9.17, 15) is 4.79 Å². The molecule has 0 aliphatic carbocycles. The SMILES string of the molecule is COCCNC(=O)N1CCN(c2cc(Nc3cc4c(cn3)cnn4C(C)C)nc(N3CCCC3)n2)CC1. The molecule has 0 aromatic carbocycles. The van der Waals surface area contributed by atoms with Crippen LogP contribution < -0.4 is 20.4 Å². The van der Waals surface area contributed by atoms with E-state index in [0.717, 1.165) is 48.6 Å². The molecule has 0 saturated carbocycles. The van der Waals surface area contributed by atoms with E-state index in [1.807, 2.05) is 34.1 Å². The highest BCUT2D eigenvalue weighted by atomic mass is 16.5. The van der Waals surface area contributed by atoms with Gasteiger partial charge in [-0.15, -0.1) is 0 Å². The zero-order valence-electron chi connectivity index (χ0n) is 21.9. The standard InChI is InChI=1S/C25H36N10O2/c1-18(2)35-20-14-21(27-16-19(20)17-28-35)29-22-15-23(31-24(30-22)33-7-4-5-8-33)32-9-11-34(12-10-32)25(36)26-6-13-37-3/h14-18H,4-13H2,1-3H3,(H,26,36)(H,27,29,30,31). The molecule has 3 aromatic rings. The van der Waals surface area contributed by atoms with E-state index in [4.69, 9.17) is 14.7 Å². The summed E-state index contributed by atoms with van der Waals surface area (Å²) in [5, 5.41) is 11.8. The smallest absolute Gasteiger partial charge is 0.317 e. The Hall–Kier alpha value is -3.67. The molecule has 2 N–H and O–H groups in total. The molecule has 0 atom stereocenters. The normalized spacial score (nSPS) is 16.2. The minimum atomic E-state index is -0.0541. The number of hydrogen-bond acceptors (Lipinski definition) is 9. The Morgan fingerprint density at radius 2 is 1.78 bits per heavy atom. The summed E-state index contributed by atoms with van der Waals surface area (Å²) >= 11 is 0. The number of nitrogens with one attached hydrogen (secondary N) is 2. The minimum Gasteiger partial charge on any atom is -0.383 e. The first-order chi connectivity index (χ1) is 18.0. The highest BCUT2D eigenvalue weighted by molar-refractivity contribution is 5.81. The molecule has 2 saturated heterocycles. The van der Waals surface area contributed by atoms with Gasteiger partial charge in [0, 0.05) is 82.7 Å². The highest BCUT2D eigenvalue weighted by Crippen LogP contribution is 2.27. The number of anilines is 4. The van der Waals surface area contributed by atoms with Gasteiger partial charge in [0.05, 0.1) is 18.3 Å². The van der Waals surface area contributed by atoms with Crippen LogP contribution in [0.25, 0.3) is 10.9 Å². The maximum absolute atomic E-state index is 12.4. The predicted octanol–water partition coefficient (Wildman–Crippen LogP) is 2.62. The van der Waals surface area contributed by atoms with E-state index in [1.165, 1.54) is 0 Å². The van der Waals surface area contributed by atoms with Gasteiger partial charge in [-0.3, -0.25) is 4.68 Å². The Bertz CT molecular complexity index is 1220. The first-order valence-electron chi connectivity index (χ1n) is 13.0. The first-order valence-corrected chi connectivity index (χ1v) is 13.0. The molecule has 12 heteroatoms. The molecule has 198 valence electrons. The number of amides is 2. The number of hydrogen-bond donors (Lipinski definition) is 2. The summed E-state index contributed by atoms with van der Waals surface area (Å²) in [6.07, 6.45) is 5.97. The van der Waals surface area contributed by atoms with Crippen molar-refractivity contribution < 1.29 is 9.53 Å². The fourth-order valence-electron chi connectivity index (χ4n) is 4.77. The number of carbonyl (C=O) groups is 1. The van der Waals surface area contributed by atoms with Crippen LogP contribution in [0.2, 0.25) is 0 Å². The molecule has 12 nitrogen and oxygen atoms in total. The van der Waals surface area contributed by atoms with Crippen LogP contribution in [0, 0.1) is 0 Å². The lowest BCUT2D eigenvalue weighted by Gasteiger charge is -2.35. The Kier molecular flexibility index (Phi) is 7.54. The Balaban J connectivity index is 1.35. The van der Waals surface area contributed by atoms with Crippen LogP contribution >= 0.6 is 0 Å². The van der Waals surface area contributed by atoms with E-state index in [2.05, 4.69) is 44.4 Å². The average Bonchev–Trinajstić information content (AvgIpc) is 3.59. The lowest BCUT2D eigenvalue weighted by atomic mass is 10.3. The molecule has 3 aromatic heterocycles. The zero-order chi connectivity index (χ0) is 25.8. The van der Waals surface area contributed by atoms with Crippen LogP contribution in [0.4, 0.5) is 28.2 Å². The number of methoxy groups -OCH3 is 1. The third-order valence-electron chi connectivity index (χ3n) is 6.79. The second-order valence-electron chi connectivity index (χ2n) is 9.74. The summed E-state index contributed by atoms with van der Waals surface area (Å²) < 4.78 is 7.01. The lowest BCUT2D eigenvalue weighted by Crippen LogP contribution is -2.52. The lowest BCUT2D eigenvalue weighted by molar-refractivity contribution is 0.177. The topological polar surface area (TPSA) is 117 Å². The van der Waals surface area contributed by atoms with Gasteiger partial charge in [0.1, 0.15) is 17.5 Å². The largest absolute Gasteiger partial charge is 0.383 e. The fraction of sp³-hybridized carbons (Fsp3) is 0.560. The van der Waals surface area contributed by atoms with Crippen molar-refractivity contribution >= 4 is 40.3 Å². The highest BCUT2D eigenvalue weighted by Gasteiger charge is 2.24. The number of fused-ring (bicyclic) bond motifs is 1. The molecule has 5 heterocycles. The number of aromatic nitrogens is 5. The number of nitrogens with zero attached hydrogens (tertiary/aromatic N) is 8. The molecular weight excluding hydrogens is 472 g/mol. The number of carbonyl (C=O) groups excluding carboxylic acids is 1. The Morgan fingerprint density at radius 3 is 2.51 bits per heavy atom. The minimum absolute atomic E-state index is 0.0541. The molecule has 2 aliphatic heterocycles. The predicted molar refractivity (Wildman–Crippen MR) is 144 cm³/mol. The van der Waals surface area contributed by atoms with E-state index >= 15 is 0 Å². The number of urea groups is 1. The van der Waals surface area contributed by atoms with E-state index in [-0.39, 0.29) is 12.1 Å². The van der Waals surface area contributed by atoms with Crippen molar-refractivity contribution in [2.24, 2.45) is 0 Å². The number of rotatable bonds is 8. The molecule has 2 amide bonds. The van der Waals surface area contributed by atoms with Gasteiger partial charge in [0.2, 0.25) is 5.95 Å². The molecule has 37 heavy (non-hydrogen) atoms. The van der Waals surface area contributed by atoms with Crippen LogP contribution in [-0.2, 0) is 4.74 Å².